The molecule has 0 atom stereocenters. The number of anilines is 2. The van der Waals surface area contributed by atoms with E-state index < -0.39 is 11.7 Å². The molecule has 0 radical (unpaired) electrons. The van der Waals surface area contributed by atoms with Gasteiger partial charge in [-0.3, -0.25) is 4.79 Å². The summed E-state index contributed by atoms with van der Waals surface area (Å²) >= 11 is 0. The molecule has 0 aliphatic carbocycles. The van der Waals surface area contributed by atoms with Crippen LogP contribution in [0.15, 0.2) is 46.9 Å². The first-order valence-corrected chi connectivity index (χ1v) is 9.84. The fourth-order valence-corrected chi connectivity index (χ4v) is 3.13. The Morgan fingerprint density at radius 3 is 2.58 bits per heavy atom. The summed E-state index contributed by atoms with van der Waals surface area (Å²) in [6.07, 6.45) is 0. The molecule has 2 heterocycles. The summed E-state index contributed by atoms with van der Waals surface area (Å²) in [6, 6.07) is 10.7. The molecular weight excluding hydrogens is 431 g/mol. The van der Waals surface area contributed by atoms with Crippen molar-refractivity contribution >= 4 is 17.4 Å². The van der Waals surface area contributed by atoms with Crippen LogP contribution in [0.4, 0.5) is 15.9 Å². The molecule has 0 saturated carbocycles. The molecule has 3 N–H and O–H groups in total. The van der Waals surface area contributed by atoms with E-state index in [1.165, 1.54) is 28.9 Å². The molecule has 33 heavy (non-hydrogen) atoms. The van der Waals surface area contributed by atoms with Gasteiger partial charge in [0.25, 0.3) is 5.91 Å². The average Bonchev–Trinajstić information content (AvgIpc) is 3.37. The Morgan fingerprint density at radius 2 is 1.88 bits per heavy atom. The molecule has 0 aliphatic rings. The summed E-state index contributed by atoms with van der Waals surface area (Å²) in [4.78, 5) is 17.0. The van der Waals surface area contributed by atoms with Crippen LogP contribution < -0.4 is 20.5 Å². The predicted octanol–water partition coefficient (Wildman–Crippen LogP) is 3.28. The van der Waals surface area contributed by atoms with Gasteiger partial charge in [0.2, 0.25) is 5.89 Å². The van der Waals surface area contributed by atoms with Crippen LogP contribution in [0.1, 0.15) is 21.9 Å². The van der Waals surface area contributed by atoms with Gasteiger partial charge in [0.15, 0.2) is 23.0 Å². The zero-order chi connectivity index (χ0) is 23.5. The van der Waals surface area contributed by atoms with E-state index in [0.717, 1.165) is 0 Å². The summed E-state index contributed by atoms with van der Waals surface area (Å²) in [5.74, 6) is 1.17. The second-order valence-electron chi connectivity index (χ2n) is 7.03. The molecule has 10 nitrogen and oxygen atoms in total. The van der Waals surface area contributed by atoms with E-state index >= 15 is 0 Å². The summed E-state index contributed by atoms with van der Waals surface area (Å²) in [5.41, 5.74) is 7.72. The Bertz CT molecular complexity index is 1300. The lowest BCUT2D eigenvalue weighted by molar-refractivity contribution is 0.102. The first-order chi connectivity index (χ1) is 15.9. The highest BCUT2D eigenvalue weighted by Crippen LogP contribution is 2.32. The molecule has 0 saturated heterocycles. The number of hydrogen-bond donors (Lipinski definition) is 2. The minimum Gasteiger partial charge on any atom is -0.493 e. The fourth-order valence-electron chi connectivity index (χ4n) is 3.13. The standard InChI is InChI=1S/C22H21FN6O4/c1-12-16(26-22(33-12)13-4-9-17(31-2)18(10-13)32-3)11-29-20(24)19(27-28-29)21(30)25-15-7-5-14(23)6-8-15/h4-10H,11,24H2,1-3H3,(H,25,30). The maximum atomic E-state index is 13.1. The van der Waals surface area contributed by atoms with Crippen LogP contribution in [-0.4, -0.2) is 40.1 Å². The van der Waals surface area contributed by atoms with Crippen LogP contribution in [0.2, 0.25) is 0 Å². The van der Waals surface area contributed by atoms with E-state index in [9.17, 15) is 9.18 Å². The molecule has 0 aliphatic heterocycles. The van der Waals surface area contributed by atoms with Crippen molar-refractivity contribution in [1.29, 1.82) is 0 Å². The van der Waals surface area contributed by atoms with Crippen molar-refractivity contribution in [2.75, 3.05) is 25.3 Å². The number of halogens is 1. The van der Waals surface area contributed by atoms with Crippen LogP contribution >= 0.6 is 0 Å². The van der Waals surface area contributed by atoms with Gasteiger partial charge >= 0.3 is 0 Å². The van der Waals surface area contributed by atoms with Crippen LogP contribution in [0, 0.1) is 12.7 Å². The summed E-state index contributed by atoms with van der Waals surface area (Å²) in [6.45, 7) is 1.91. The number of benzene rings is 2. The fraction of sp³-hybridized carbons (Fsp3) is 0.182. The zero-order valence-corrected chi connectivity index (χ0v) is 18.1. The van der Waals surface area contributed by atoms with Gasteiger partial charge in [-0.2, -0.15) is 0 Å². The number of oxazole rings is 1. The summed E-state index contributed by atoms with van der Waals surface area (Å²) in [5, 5.41) is 10.4. The highest BCUT2D eigenvalue weighted by molar-refractivity contribution is 6.05. The molecule has 4 aromatic rings. The highest BCUT2D eigenvalue weighted by Gasteiger charge is 2.20. The van der Waals surface area contributed by atoms with E-state index in [1.54, 1.807) is 39.3 Å². The molecule has 0 bridgehead atoms. The van der Waals surface area contributed by atoms with Gasteiger partial charge in [0.05, 0.1) is 20.8 Å². The Labute approximate surface area is 188 Å². The molecule has 2 aromatic heterocycles. The lowest BCUT2D eigenvalue weighted by Crippen LogP contribution is -2.15. The second-order valence-corrected chi connectivity index (χ2v) is 7.03. The molecule has 4 rings (SSSR count). The Hall–Kier alpha value is -4.41. The van der Waals surface area contributed by atoms with Crippen LogP contribution in [0.3, 0.4) is 0 Å². The monoisotopic (exact) mass is 452 g/mol. The SMILES string of the molecule is COc1ccc(-c2nc(Cn3nnc(C(=O)Nc4ccc(F)cc4)c3N)c(C)o2)cc1OC. The Balaban J connectivity index is 1.53. The second kappa shape index (κ2) is 8.99. The third-order valence-corrected chi connectivity index (χ3v) is 4.91. The normalized spacial score (nSPS) is 10.8. The van der Waals surface area contributed by atoms with Gasteiger partial charge in [-0.25, -0.2) is 14.1 Å². The molecule has 2 aromatic carbocycles. The van der Waals surface area contributed by atoms with Crippen molar-refractivity contribution in [2.24, 2.45) is 0 Å². The third-order valence-electron chi connectivity index (χ3n) is 4.91. The largest absolute Gasteiger partial charge is 0.493 e. The maximum Gasteiger partial charge on any atom is 0.280 e. The van der Waals surface area contributed by atoms with Gasteiger partial charge in [-0.05, 0) is 49.4 Å². The highest BCUT2D eigenvalue weighted by atomic mass is 19.1. The Kier molecular flexibility index (Phi) is 5.94. The number of nitrogens with zero attached hydrogens (tertiary/aromatic N) is 4. The lowest BCUT2D eigenvalue weighted by Gasteiger charge is -2.07. The van der Waals surface area contributed by atoms with E-state index in [-0.39, 0.29) is 18.1 Å². The number of nitrogens with one attached hydrogen (secondary N) is 1. The van der Waals surface area contributed by atoms with Crippen molar-refractivity contribution in [3.63, 3.8) is 0 Å². The molecule has 170 valence electrons. The number of methoxy groups -OCH3 is 2. The van der Waals surface area contributed by atoms with E-state index in [0.29, 0.717) is 40.1 Å². The van der Waals surface area contributed by atoms with E-state index in [2.05, 4.69) is 20.6 Å². The lowest BCUT2D eigenvalue weighted by atomic mass is 10.2. The van der Waals surface area contributed by atoms with Gasteiger partial charge in [-0.15, -0.1) is 5.10 Å². The van der Waals surface area contributed by atoms with Gasteiger partial charge in [0.1, 0.15) is 17.3 Å². The molecule has 11 heteroatoms. The zero-order valence-electron chi connectivity index (χ0n) is 18.1. The molecule has 1 amide bonds. The number of nitrogens with two attached hydrogens (primary N) is 1. The number of ether oxygens (including phenoxy) is 2. The van der Waals surface area contributed by atoms with Crippen LogP contribution in [0.25, 0.3) is 11.5 Å². The first-order valence-electron chi connectivity index (χ1n) is 9.84. The van der Waals surface area contributed by atoms with Crippen molar-refractivity contribution in [3.8, 4) is 23.0 Å². The molecule has 0 fully saturated rings. The molecule has 0 unspecified atom stereocenters. The maximum absolute atomic E-state index is 13.1. The van der Waals surface area contributed by atoms with E-state index in [4.69, 9.17) is 19.6 Å². The Morgan fingerprint density at radius 1 is 1.15 bits per heavy atom. The van der Waals surface area contributed by atoms with Crippen molar-refractivity contribution in [1.82, 2.24) is 20.0 Å². The van der Waals surface area contributed by atoms with Gasteiger partial charge in [0, 0.05) is 11.3 Å². The number of rotatable bonds is 7. The number of carbonyl (C=O) groups excluding carboxylic acids is 1. The van der Waals surface area contributed by atoms with Crippen LogP contribution in [0.5, 0.6) is 11.5 Å². The van der Waals surface area contributed by atoms with Gasteiger partial charge in [-0.1, -0.05) is 5.21 Å². The number of carbonyl (C=O) groups is 1. The topological polar surface area (TPSA) is 130 Å². The van der Waals surface area contributed by atoms with Crippen molar-refractivity contribution in [3.05, 3.63) is 65.4 Å². The average molecular weight is 452 g/mol. The number of hydrogen-bond acceptors (Lipinski definition) is 8. The molecule has 0 spiro atoms. The minimum atomic E-state index is -0.562. The predicted molar refractivity (Wildman–Crippen MR) is 118 cm³/mol. The number of nitrogen functional groups attached to an aromatic ring is 1. The first kappa shape index (κ1) is 21.8. The molecular formula is C22H21FN6O4. The minimum absolute atomic E-state index is 0.0550. The number of aryl methyl sites for hydroxylation is 1. The smallest absolute Gasteiger partial charge is 0.280 e. The number of aromatic nitrogens is 4. The quantitative estimate of drug-likeness (QED) is 0.437. The summed E-state index contributed by atoms with van der Waals surface area (Å²) in [7, 11) is 3.10. The van der Waals surface area contributed by atoms with Crippen LogP contribution in [-0.2, 0) is 6.54 Å². The van der Waals surface area contributed by atoms with Gasteiger partial charge < -0.3 is 24.9 Å². The van der Waals surface area contributed by atoms with Crippen molar-refractivity contribution in [2.45, 2.75) is 13.5 Å². The van der Waals surface area contributed by atoms with E-state index in [1.807, 2.05) is 0 Å². The third kappa shape index (κ3) is 4.47. The summed E-state index contributed by atoms with van der Waals surface area (Å²) < 4.78 is 30.8. The number of amides is 1. The van der Waals surface area contributed by atoms with Crippen molar-refractivity contribution < 1.29 is 23.1 Å².